The molecule has 0 aliphatic heterocycles. The molecule has 5 heteroatoms. The Hall–Kier alpha value is -2.17. The smallest absolute Gasteiger partial charge is 0.273 e. The molecular weight excluding hydrogens is 259 g/mol. The lowest BCUT2D eigenvalue weighted by Gasteiger charge is -2.22. The fourth-order valence-electron chi connectivity index (χ4n) is 1.99. The summed E-state index contributed by atoms with van der Waals surface area (Å²) in [6, 6.07) is 7.49. The predicted molar refractivity (Wildman–Crippen MR) is 72.7 cm³/mol. The first-order valence-electron chi connectivity index (χ1n) is 6.47. The summed E-state index contributed by atoms with van der Waals surface area (Å²) in [5.74, 6) is 0.148. The number of halogens is 1. The molecule has 0 aliphatic rings. The van der Waals surface area contributed by atoms with Crippen molar-refractivity contribution < 1.29 is 13.7 Å². The minimum atomic E-state index is -0.301. The molecule has 1 aromatic carbocycles. The average molecular weight is 276 g/mol. The van der Waals surface area contributed by atoms with E-state index in [2.05, 4.69) is 10.5 Å². The molecule has 106 valence electrons. The van der Waals surface area contributed by atoms with Crippen LogP contribution in [-0.4, -0.2) is 11.1 Å². The summed E-state index contributed by atoms with van der Waals surface area (Å²) < 4.78 is 17.9. The number of nitrogens with one attached hydrogen (secondary N) is 1. The van der Waals surface area contributed by atoms with E-state index in [4.69, 9.17) is 4.52 Å². The summed E-state index contributed by atoms with van der Waals surface area (Å²) >= 11 is 0. The van der Waals surface area contributed by atoms with E-state index in [0.717, 1.165) is 5.56 Å². The second-order valence-electron chi connectivity index (χ2n) is 5.07. The molecule has 0 aliphatic carbocycles. The van der Waals surface area contributed by atoms with Crippen molar-refractivity contribution in [1.82, 2.24) is 10.5 Å². The first kappa shape index (κ1) is 14.2. The third-order valence-corrected chi connectivity index (χ3v) is 3.04. The number of amides is 1. The minimum absolute atomic E-state index is 0.164. The van der Waals surface area contributed by atoms with Crippen LogP contribution in [0.15, 0.2) is 34.9 Å². The van der Waals surface area contributed by atoms with Gasteiger partial charge in [-0.2, -0.15) is 0 Å². The van der Waals surface area contributed by atoms with Gasteiger partial charge in [0, 0.05) is 6.07 Å². The van der Waals surface area contributed by atoms with Gasteiger partial charge in [0.25, 0.3) is 5.91 Å². The fraction of sp³-hybridized carbons (Fsp3) is 0.333. The molecule has 2 aromatic rings. The fourth-order valence-corrected chi connectivity index (χ4v) is 1.99. The SMILES string of the molecule is Cc1cc(C(=O)NC(c2ccc(F)cc2)C(C)C)no1. The zero-order valence-electron chi connectivity index (χ0n) is 11.7. The van der Waals surface area contributed by atoms with Crippen LogP contribution in [0, 0.1) is 18.7 Å². The lowest BCUT2D eigenvalue weighted by Crippen LogP contribution is -2.31. The van der Waals surface area contributed by atoms with Crippen LogP contribution in [0.4, 0.5) is 4.39 Å². The van der Waals surface area contributed by atoms with E-state index >= 15 is 0 Å². The molecule has 1 atom stereocenters. The summed E-state index contributed by atoms with van der Waals surface area (Å²) in [6.45, 7) is 5.70. The molecule has 0 radical (unpaired) electrons. The normalized spacial score (nSPS) is 12.4. The van der Waals surface area contributed by atoms with Crippen molar-refractivity contribution >= 4 is 5.91 Å². The number of aromatic nitrogens is 1. The van der Waals surface area contributed by atoms with Crippen molar-refractivity contribution in [3.05, 3.63) is 53.2 Å². The molecule has 1 amide bonds. The van der Waals surface area contributed by atoms with Gasteiger partial charge in [-0.1, -0.05) is 31.1 Å². The molecule has 20 heavy (non-hydrogen) atoms. The van der Waals surface area contributed by atoms with Crippen molar-refractivity contribution in [3.63, 3.8) is 0 Å². The third kappa shape index (κ3) is 3.23. The first-order chi connectivity index (χ1) is 9.47. The van der Waals surface area contributed by atoms with E-state index in [1.165, 1.54) is 12.1 Å². The molecule has 0 bridgehead atoms. The summed E-state index contributed by atoms with van der Waals surface area (Å²) in [5.41, 5.74) is 1.10. The monoisotopic (exact) mass is 276 g/mol. The minimum Gasteiger partial charge on any atom is -0.361 e. The number of benzene rings is 1. The molecule has 2 rings (SSSR count). The van der Waals surface area contributed by atoms with E-state index in [-0.39, 0.29) is 29.4 Å². The number of rotatable bonds is 4. The number of hydrogen-bond acceptors (Lipinski definition) is 3. The van der Waals surface area contributed by atoms with Crippen LogP contribution in [0.5, 0.6) is 0 Å². The van der Waals surface area contributed by atoms with Gasteiger partial charge in [-0.25, -0.2) is 4.39 Å². The highest BCUT2D eigenvalue weighted by molar-refractivity contribution is 5.92. The van der Waals surface area contributed by atoms with Crippen LogP contribution in [0.3, 0.4) is 0 Å². The van der Waals surface area contributed by atoms with E-state index in [9.17, 15) is 9.18 Å². The lowest BCUT2D eigenvalue weighted by atomic mass is 9.96. The van der Waals surface area contributed by atoms with E-state index in [1.807, 2.05) is 13.8 Å². The highest BCUT2D eigenvalue weighted by atomic mass is 19.1. The van der Waals surface area contributed by atoms with Gasteiger partial charge in [0.2, 0.25) is 0 Å². The highest BCUT2D eigenvalue weighted by Gasteiger charge is 2.20. The van der Waals surface area contributed by atoms with Gasteiger partial charge in [-0.05, 0) is 30.5 Å². The van der Waals surface area contributed by atoms with Gasteiger partial charge in [0.05, 0.1) is 6.04 Å². The van der Waals surface area contributed by atoms with Crippen LogP contribution in [0.2, 0.25) is 0 Å². The van der Waals surface area contributed by atoms with Crippen LogP contribution >= 0.6 is 0 Å². The Morgan fingerprint density at radius 3 is 2.45 bits per heavy atom. The molecule has 4 nitrogen and oxygen atoms in total. The molecule has 0 saturated carbocycles. The third-order valence-electron chi connectivity index (χ3n) is 3.04. The summed E-state index contributed by atoms with van der Waals surface area (Å²) in [5, 5.41) is 6.59. The quantitative estimate of drug-likeness (QED) is 0.932. The highest BCUT2D eigenvalue weighted by Crippen LogP contribution is 2.22. The molecule has 0 saturated heterocycles. The van der Waals surface area contributed by atoms with Gasteiger partial charge < -0.3 is 9.84 Å². The van der Waals surface area contributed by atoms with Crippen molar-refractivity contribution in [3.8, 4) is 0 Å². The molecule has 1 heterocycles. The lowest BCUT2D eigenvalue weighted by molar-refractivity contribution is 0.0916. The summed E-state index contributed by atoms with van der Waals surface area (Å²) in [6.07, 6.45) is 0. The van der Waals surface area contributed by atoms with E-state index in [0.29, 0.717) is 5.76 Å². The van der Waals surface area contributed by atoms with Crippen molar-refractivity contribution in [1.29, 1.82) is 0 Å². The maximum Gasteiger partial charge on any atom is 0.273 e. The average Bonchev–Trinajstić information content (AvgIpc) is 2.83. The van der Waals surface area contributed by atoms with Crippen molar-refractivity contribution in [2.45, 2.75) is 26.8 Å². The van der Waals surface area contributed by atoms with Crippen molar-refractivity contribution in [2.75, 3.05) is 0 Å². The number of nitrogens with zero attached hydrogens (tertiary/aromatic N) is 1. The second-order valence-corrected chi connectivity index (χ2v) is 5.07. The Bertz CT molecular complexity index is 590. The summed E-state index contributed by atoms with van der Waals surface area (Å²) in [4.78, 5) is 12.1. The number of aryl methyl sites for hydroxylation is 1. The molecule has 0 fully saturated rings. The van der Waals surface area contributed by atoms with Crippen LogP contribution < -0.4 is 5.32 Å². The molecule has 1 unspecified atom stereocenters. The number of carbonyl (C=O) groups excluding carboxylic acids is 1. The topological polar surface area (TPSA) is 55.1 Å². The Labute approximate surface area is 117 Å². The van der Waals surface area contributed by atoms with Crippen LogP contribution in [-0.2, 0) is 0 Å². The zero-order chi connectivity index (χ0) is 14.7. The Balaban J connectivity index is 2.17. The molecule has 0 spiro atoms. The van der Waals surface area contributed by atoms with E-state index < -0.39 is 0 Å². The van der Waals surface area contributed by atoms with Gasteiger partial charge in [0.15, 0.2) is 5.69 Å². The van der Waals surface area contributed by atoms with E-state index in [1.54, 1.807) is 25.1 Å². The van der Waals surface area contributed by atoms with Gasteiger partial charge in [-0.3, -0.25) is 4.79 Å². The van der Waals surface area contributed by atoms with Crippen molar-refractivity contribution in [2.24, 2.45) is 5.92 Å². The van der Waals surface area contributed by atoms with Gasteiger partial charge in [0.1, 0.15) is 11.6 Å². The second kappa shape index (κ2) is 5.86. The Morgan fingerprint density at radius 1 is 1.30 bits per heavy atom. The predicted octanol–water partition coefficient (Wildman–Crippen LogP) is 3.25. The molecule has 1 N–H and O–H groups in total. The first-order valence-corrected chi connectivity index (χ1v) is 6.47. The molecular formula is C15H17FN2O2. The number of hydrogen-bond donors (Lipinski definition) is 1. The zero-order valence-corrected chi connectivity index (χ0v) is 11.7. The van der Waals surface area contributed by atoms with Gasteiger partial charge >= 0.3 is 0 Å². The standard InChI is InChI=1S/C15H17FN2O2/c1-9(2)14(11-4-6-12(16)7-5-11)17-15(19)13-8-10(3)20-18-13/h4-9,14H,1-3H3,(H,17,19). The largest absolute Gasteiger partial charge is 0.361 e. The maximum atomic E-state index is 13.0. The van der Waals surface area contributed by atoms with Crippen LogP contribution in [0.25, 0.3) is 0 Å². The molecule has 1 aromatic heterocycles. The maximum absolute atomic E-state index is 13.0. The summed E-state index contributed by atoms with van der Waals surface area (Å²) in [7, 11) is 0. The van der Waals surface area contributed by atoms with Gasteiger partial charge in [-0.15, -0.1) is 0 Å². The van der Waals surface area contributed by atoms with Crippen LogP contribution in [0.1, 0.15) is 41.7 Å². The Morgan fingerprint density at radius 2 is 1.95 bits per heavy atom. The Kier molecular flexibility index (Phi) is 4.17. The number of carbonyl (C=O) groups is 1.